The Morgan fingerprint density at radius 1 is 1.30 bits per heavy atom. The quantitative estimate of drug-likeness (QED) is 0.723. The second-order valence-corrected chi connectivity index (χ2v) is 5.78. The Hall–Kier alpha value is -1.75. The summed E-state index contributed by atoms with van der Waals surface area (Å²) in [5.41, 5.74) is 7.09. The van der Waals surface area contributed by atoms with Gasteiger partial charge in [-0.2, -0.15) is 0 Å². The molecule has 2 aliphatic heterocycles. The molecule has 2 unspecified atom stereocenters. The molecule has 1 aromatic carbocycles. The van der Waals surface area contributed by atoms with Gasteiger partial charge in [0.2, 0.25) is 0 Å². The van der Waals surface area contributed by atoms with Crippen LogP contribution >= 0.6 is 0 Å². The van der Waals surface area contributed by atoms with Crippen molar-refractivity contribution in [2.75, 3.05) is 24.1 Å². The number of benzene rings is 1. The number of piperidine rings is 1. The van der Waals surface area contributed by atoms with E-state index < -0.39 is 0 Å². The van der Waals surface area contributed by atoms with E-state index in [4.69, 9.17) is 5.73 Å². The summed E-state index contributed by atoms with van der Waals surface area (Å²) in [4.78, 5) is 14.6. The van der Waals surface area contributed by atoms with Gasteiger partial charge in [0.1, 0.15) is 0 Å². The lowest BCUT2D eigenvalue weighted by Crippen LogP contribution is -2.48. The van der Waals surface area contributed by atoms with Gasteiger partial charge in [0, 0.05) is 30.0 Å². The van der Waals surface area contributed by atoms with Crippen LogP contribution in [0.3, 0.4) is 0 Å². The van der Waals surface area contributed by atoms with Crippen LogP contribution < -0.4 is 16.4 Å². The number of nitrogen functional groups attached to an aromatic ring is 1. The van der Waals surface area contributed by atoms with Crippen molar-refractivity contribution in [1.29, 1.82) is 0 Å². The fourth-order valence-electron chi connectivity index (χ4n) is 3.32. The van der Waals surface area contributed by atoms with Gasteiger partial charge in [-0.15, -0.1) is 0 Å². The van der Waals surface area contributed by atoms with Crippen LogP contribution in [0.4, 0.5) is 16.2 Å². The van der Waals surface area contributed by atoms with Crippen molar-refractivity contribution < 1.29 is 4.79 Å². The Bertz CT molecular complexity index is 491. The third-order valence-corrected chi connectivity index (χ3v) is 4.30. The van der Waals surface area contributed by atoms with Gasteiger partial charge in [-0.3, -0.25) is 0 Å². The maximum absolute atomic E-state index is 12.0. The molecule has 3 rings (SSSR count). The average Bonchev–Trinajstić information content (AvgIpc) is 2.86. The first-order valence-electron chi connectivity index (χ1n) is 7.38. The number of hydrogen-bond donors (Lipinski definition) is 3. The minimum absolute atomic E-state index is 0.132. The maximum Gasteiger partial charge on any atom is 0.319 e. The number of hydrogen-bond acceptors (Lipinski definition) is 3. The Balaban J connectivity index is 1.51. The highest BCUT2D eigenvalue weighted by Gasteiger charge is 2.32. The van der Waals surface area contributed by atoms with Gasteiger partial charge in [-0.25, -0.2) is 4.79 Å². The molecule has 108 valence electrons. The van der Waals surface area contributed by atoms with Crippen molar-refractivity contribution in [2.45, 2.75) is 37.8 Å². The van der Waals surface area contributed by atoms with Gasteiger partial charge < -0.3 is 21.3 Å². The topological polar surface area (TPSA) is 70.4 Å². The van der Waals surface area contributed by atoms with Crippen LogP contribution in [0.15, 0.2) is 24.3 Å². The van der Waals surface area contributed by atoms with Gasteiger partial charge in [0.15, 0.2) is 0 Å². The Kier molecular flexibility index (Phi) is 3.78. The highest BCUT2D eigenvalue weighted by atomic mass is 16.2. The summed E-state index contributed by atoms with van der Waals surface area (Å²) in [6.45, 7) is 2.33. The molecular formula is C15H22N4O. The number of carbonyl (C=O) groups is 1. The molecular weight excluding hydrogens is 252 g/mol. The summed E-state index contributed by atoms with van der Waals surface area (Å²) in [5.74, 6) is 0. The first-order valence-corrected chi connectivity index (χ1v) is 7.38. The van der Waals surface area contributed by atoms with Crippen LogP contribution in [0, 0.1) is 0 Å². The summed E-state index contributed by atoms with van der Waals surface area (Å²) < 4.78 is 0. The van der Waals surface area contributed by atoms with Gasteiger partial charge in [0.25, 0.3) is 0 Å². The van der Waals surface area contributed by atoms with Gasteiger partial charge >= 0.3 is 6.03 Å². The highest BCUT2D eigenvalue weighted by molar-refractivity contribution is 5.89. The molecule has 20 heavy (non-hydrogen) atoms. The van der Waals surface area contributed by atoms with Gasteiger partial charge in [-0.05, 0) is 50.4 Å². The first kappa shape index (κ1) is 13.2. The molecule has 0 aromatic heterocycles. The zero-order valence-corrected chi connectivity index (χ0v) is 11.6. The van der Waals surface area contributed by atoms with E-state index in [1.807, 2.05) is 12.1 Å². The van der Waals surface area contributed by atoms with E-state index in [2.05, 4.69) is 15.5 Å². The lowest BCUT2D eigenvalue weighted by molar-refractivity contribution is 0.168. The van der Waals surface area contributed by atoms with Crippen LogP contribution in [0.2, 0.25) is 0 Å². The fraction of sp³-hybridized carbons (Fsp3) is 0.533. The normalized spacial score (nSPS) is 26.0. The number of nitrogens with zero attached hydrogens (tertiary/aromatic N) is 1. The van der Waals surface area contributed by atoms with Crippen molar-refractivity contribution in [3.63, 3.8) is 0 Å². The largest absolute Gasteiger partial charge is 0.399 e. The van der Waals surface area contributed by atoms with Crippen LogP contribution in [0.25, 0.3) is 0 Å². The number of nitrogens with one attached hydrogen (secondary N) is 2. The molecule has 0 bridgehead atoms. The molecule has 2 heterocycles. The molecule has 0 aliphatic carbocycles. The molecule has 2 fully saturated rings. The van der Waals surface area contributed by atoms with Crippen LogP contribution in [0.1, 0.15) is 25.7 Å². The average molecular weight is 274 g/mol. The maximum atomic E-state index is 12.0. The van der Waals surface area contributed by atoms with E-state index in [0.29, 0.717) is 11.7 Å². The molecule has 5 heteroatoms. The number of amides is 2. The Morgan fingerprint density at radius 3 is 3.05 bits per heavy atom. The summed E-state index contributed by atoms with van der Waals surface area (Å²) in [6.07, 6.45) is 4.69. The Morgan fingerprint density at radius 2 is 2.20 bits per heavy atom. The first-order chi connectivity index (χ1) is 9.70. The van der Waals surface area contributed by atoms with Crippen molar-refractivity contribution in [3.8, 4) is 0 Å². The van der Waals surface area contributed by atoms with Gasteiger partial charge in [0.05, 0.1) is 0 Å². The zero-order valence-electron chi connectivity index (χ0n) is 11.6. The number of nitrogens with two attached hydrogens (primary N) is 1. The number of fused-ring (bicyclic) bond motifs is 1. The second kappa shape index (κ2) is 5.71. The summed E-state index contributed by atoms with van der Waals surface area (Å²) in [5, 5.41) is 5.93. The van der Waals surface area contributed by atoms with Crippen molar-refractivity contribution in [3.05, 3.63) is 24.3 Å². The summed E-state index contributed by atoms with van der Waals surface area (Å²) in [6, 6.07) is 8.07. The van der Waals surface area contributed by atoms with Gasteiger partial charge in [-0.1, -0.05) is 6.07 Å². The highest BCUT2D eigenvalue weighted by Crippen LogP contribution is 2.26. The van der Waals surface area contributed by atoms with Crippen molar-refractivity contribution >= 4 is 17.4 Å². The van der Waals surface area contributed by atoms with E-state index in [1.54, 1.807) is 12.1 Å². The number of carbonyl (C=O) groups excluding carboxylic acids is 1. The lowest BCUT2D eigenvalue weighted by Gasteiger charge is -2.35. The number of anilines is 2. The van der Waals surface area contributed by atoms with E-state index in [9.17, 15) is 4.79 Å². The fourth-order valence-corrected chi connectivity index (χ4v) is 3.32. The molecule has 5 nitrogen and oxygen atoms in total. The van der Waals surface area contributed by atoms with Crippen molar-refractivity contribution in [1.82, 2.24) is 10.2 Å². The third-order valence-electron chi connectivity index (χ3n) is 4.30. The minimum atomic E-state index is -0.132. The molecule has 2 atom stereocenters. The SMILES string of the molecule is Nc1cccc(NC(=O)NC2CCN3CCCC3C2)c1. The second-order valence-electron chi connectivity index (χ2n) is 5.78. The molecule has 1 aromatic rings. The summed E-state index contributed by atoms with van der Waals surface area (Å²) >= 11 is 0. The molecule has 0 radical (unpaired) electrons. The third kappa shape index (κ3) is 3.04. The number of rotatable bonds is 2. The predicted octanol–water partition coefficient (Wildman–Crippen LogP) is 2.02. The number of urea groups is 1. The smallest absolute Gasteiger partial charge is 0.319 e. The molecule has 2 saturated heterocycles. The van der Waals surface area contributed by atoms with E-state index in [0.717, 1.165) is 25.1 Å². The van der Waals surface area contributed by atoms with Crippen LogP contribution in [-0.2, 0) is 0 Å². The minimum Gasteiger partial charge on any atom is -0.399 e. The monoisotopic (exact) mass is 274 g/mol. The molecule has 0 spiro atoms. The van der Waals surface area contributed by atoms with Crippen molar-refractivity contribution in [2.24, 2.45) is 0 Å². The standard InChI is InChI=1S/C15H22N4O/c16-11-3-1-4-12(9-11)17-15(20)18-13-6-8-19-7-2-5-14(19)10-13/h1,3-4,9,13-14H,2,5-8,10,16H2,(H2,17,18,20). The summed E-state index contributed by atoms with van der Waals surface area (Å²) in [7, 11) is 0. The van der Waals surface area contributed by atoms with E-state index in [1.165, 1.54) is 19.4 Å². The predicted molar refractivity (Wildman–Crippen MR) is 80.6 cm³/mol. The molecule has 2 aliphatic rings. The van der Waals surface area contributed by atoms with Crippen LogP contribution in [0.5, 0.6) is 0 Å². The van der Waals surface area contributed by atoms with Crippen LogP contribution in [-0.4, -0.2) is 36.1 Å². The molecule has 4 N–H and O–H groups in total. The molecule has 0 saturated carbocycles. The Labute approximate surface area is 119 Å². The lowest BCUT2D eigenvalue weighted by atomic mass is 9.98. The van der Waals surface area contributed by atoms with E-state index in [-0.39, 0.29) is 12.1 Å². The zero-order chi connectivity index (χ0) is 13.9. The molecule has 2 amide bonds. The van der Waals surface area contributed by atoms with E-state index >= 15 is 0 Å².